The maximum absolute atomic E-state index is 11.6. The van der Waals surface area contributed by atoms with Crippen molar-refractivity contribution in [2.75, 3.05) is 13.7 Å². The van der Waals surface area contributed by atoms with Crippen LogP contribution in [0.5, 0.6) is 5.75 Å². The summed E-state index contributed by atoms with van der Waals surface area (Å²) in [6.07, 6.45) is 2.52. The van der Waals surface area contributed by atoms with E-state index < -0.39 is 5.41 Å². The van der Waals surface area contributed by atoms with Crippen LogP contribution >= 0.6 is 11.6 Å². The second kappa shape index (κ2) is 6.67. The van der Waals surface area contributed by atoms with Gasteiger partial charge in [-0.25, -0.2) is 0 Å². The van der Waals surface area contributed by atoms with Crippen molar-refractivity contribution >= 4 is 17.6 Å². The maximum Gasteiger partial charge on any atom is 0.314 e. The van der Waals surface area contributed by atoms with Crippen molar-refractivity contribution < 1.29 is 14.3 Å². The summed E-state index contributed by atoms with van der Waals surface area (Å²) >= 11 is 6.23. The van der Waals surface area contributed by atoms with E-state index in [-0.39, 0.29) is 12.6 Å². The van der Waals surface area contributed by atoms with Crippen LogP contribution in [0.15, 0.2) is 18.2 Å². The summed E-state index contributed by atoms with van der Waals surface area (Å²) in [5.41, 5.74) is 0.427. The Labute approximate surface area is 130 Å². The lowest BCUT2D eigenvalue weighted by Gasteiger charge is -2.22. The number of rotatable bonds is 7. The molecule has 0 bridgehead atoms. The average molecular weight is 312 g/mol. The number of halogens is 1. The fraction of sp³-hybridized carbons (Fsp3) is 0.562. The van der Waals surface area contributed by atoms with Gasteiger partial charge >= 0.3 is 5.97 Å². The summed E-state index contributed by atoms with van der Waals surface area (Å²) in [4.78, 5) is 11.6. The molecule has 0 unspecified atom stereocenters. The largest absolute Gasteiger partial charge is 0.491 e. The first kappa shape index (κ1) is 16.1. The van der Waals surface area contributed by atoms with E-state index in [1.165, 1.54) is 20.0 Å². The van der Waals surface area contributed by atoms with E-state index in [0.717, 1.165) is 12.1 Å². The van der Waals surface area contributed by atoms with Gasteiger partial charge in [-0.2, -0.15) is 0 Å². The minimum Gasteiger partial charge on any atom is -0.491 e. The molecule has 1 aliphatic carbocycles. The highest BCUT2D eigenvalue weighted by Crippen LogP contribution is 2.28. The van der Waals surface area contributed by atoms with Crippen molar-refractivity contribution in [3.8, 4) is 5.75 Å². The van der Waals surface area contributed by atoms with E-state index in [1.54, 1.807) is 13.8 Å². The quantitative estimate of drug-likeness (QED) is 0.786. The first-order chi connectivity index (χ1) is 9.92. The van der Waals surface area contributed by atoms with E-state index in [1.807, 2.05) is 18.2 Å². The second-order valence-electron chi connectivity index (χ2n) is 6.08. The van der Waals surface area contributed by atoms with Gasteiger partial charge in [-0.3, -0.25) is 4.79 Å². The van der Waals surface area contributed by atoms with Crippen molar-refractivity contribution in [2.24, 2.45) is 5.41 Å². The third-order valence-corrected chi connectivity index (χ3v) is 3.79. The van der Waals surface area contributed by atoms with Crippen LogP contribution in [0.25, 0.3) is 0 Å². The number of carbonyl (C=O) groups excluding carboxylic acids is 1. The second-order valence-corrected chi connectivity index (χ2v) is 6.49. The molecule has 0 heterocycles. The van der Waals surface area contributed by atoms with Crippen LogP contribution in [-0.4, -0.2) is 25.7 Å². The van der Waals surface area contributed by atoms with Crippen LogP contribution in [0, 0.1) is 5.41 Å². The average Bonchev–Trinajstić information content (AvgIpc) is 3.27. The molecule has 0 radical (unpaired) electrons. The summed E-state index contributed by atoms with van der Waals surface area (Å²) in [5.74, 6) is 0.285. The highest BCUT2D eigenvalue weighted by Gasteiger charge is 2.30. The van der Waals surface area contributed by atoms with Gasteiger partial charge in [0, 0.05) is 12.6 Å². The Morgan fingerprint density at radius 1 is 1.43 bits per heavy atom. The maximum atomic E-state index is 11.6. The molecule has 0 aliphatic heterocycles. The number of benzene rings is 1. The summed E-state index contributed by atoms with van der Waals surface area (Å²) < 4.78 is 10.4. The molecule has 0 spiro atoms. The molecule has 116 valence electrons. The molecule has 0 aromatic heterocycles. The van der Waals surface area contributed by atoms with Crippen LogP contribution < -0.4 is 10.1 Å². The van der Waals surface area contributed by atoms with Gasteiger partial charge in [0.1, 0.15) is 12.4 Å². The monoisotopic (exact) mass is 311 g/mol. The Morgan fingerprint density at radius 2 is 2.14 bits per heavy atom. The molecule has 1 saturated carbocycles. The Hall–Kier alpha value is -1.26. The number of hydrogen-bond acceptors (Lipinski definition) is 4. The fourth-order valence-corrected chi connectivity index (χ4v) is 2.17. The summed E-state index contributed by atoms with van der Waals surface area (Å²) in [6, 6.07) is 6.40. The van der Waals surface area contributed by atoms with Crippen molar-refractivity contribution in [1.82, 2.24) is 5.32 Å². The molecule has 0 atom stereocenters. The van der Waals surface area contributed by atoms with Gasteiger partial charge in [0.2, 0.25) is 0 Å². The van der Waals surface area contributed by atoms with Gasteiger partial charge in [-0.15, -0.1) is 0 Å². The third kappa shape index (κ3) is 4.61. The van der Waals surface area contributed by atoms with Crippen molar-refractivity contribution in [2.45, 2.75) is 39.3 Å². The lowest BCUT2D eigenvalue weighted by atomic mass is 9.95. The Kier molecular flexibility index (Phi) is 5.12. The van der Waals surface area contributed by atoms with Crippen molar-refractivity contribution in [1.29, 1.82) is 0 Å². The molecule has 1 N–H and O–H groups in total. The number of carbonyl (C=O) groups is 1. The highest BCUT2D eigenvalue weighted by atomic mass is 35.5. The predicted octanol–water partition coefficient (Wildman–Crippen LogP) is 3.17. The molecule has 21 heavy (non-hydrogen) atoms. The highest BCUT2D eigenvalue weighted by molar-refractivity contribution is 6.32. The van der Waals surface area contributed by atoms with Crippen LogP contribution in [0.3, 0.4) is 0 Å². The van der Waals surface area contributed by atoms with Gasteiger partial charge in [-0.05, 0) is 44.4 Å². The minimum absolute atomic E-state index is 0.221. The zero-order chi connectivity index (χ0) is 15.5. The molecule has 1 aromatic carbocycles. The minimum atomic E-state index is -0.704. The zero-order valence-electron chi connectivity index (χ0n) is 12.7. The number of nitrogens with one attached hydrogen (secondary N) is 1. The van der Waals surface area contributed by atoms with E-state index >= 15 is 0 Å². The van der Waals surface area contributed by atoms with Gasteiger partial charge in [0.25, 0.3) is 0 Å². The van der Waals surface area contributed by atoms with Gasteiger partial charge in [0.05, 0.1) is 17.5 Å². The normalized spacial score (nSPS) is 14.9. The SMILES string of the molecule is COC(=O)C(C)(C)COc1ccc(CNC2CC2)cc1Cl. The molecule has 1 fully saturated rings. The molecule has 0 amide bonds. The molecule has 2 rings (SSSR count). The van der Waals surface area contributed by atoms with Gasteiger partial charge in [-0.1, -0.05) is 17.7 Å². The van der Waals surface area contributed by atoms with E-state index in [2.05, 4.69) is 5.32 Å². The van der Waals surface area contributed by atoms with Gasteiger partial charge < -0.3 is 14.8 Å². The van der Waals surface area contributed by atoms with E-state index in [9.17, 15) is 4.79 Å². The number of hydrogen-bond donors (Lipinski definition) is 1. The van der Waals surface area contributed by atoms with Crippen LogP contribution in [0.1, 0.15) is 32.3 Å². The topological polar surface area (TPSA) is 47.6 Å². The Morgan fingerprint density at radius 3 is 2.71 bits per heavy atom. The Bertz CT molecular complexity index is 512. The molecule has 1 aromatic rings. The predicted molar refractivity (Wildman–Crippen MR) is 82.6 cm³/mol. The lowest BCUT2D eigenvalue weighted by Crippen LogP contribution is -2.32. The summed E-state index contributed by atoms with van der Waals surface area (Å²) in [5, 5.41) is 4.00. The van der Waals surface area contributed by atoms with Gasteiger partial charge in [0.15, 0.2) is 0 Å². The molecular formula is C16H22ClNO3. The molecule has 1 aliphatic rings. The third-order valence-electron chi connectivity index (χ3n) is 3.49. The summed E-state index contributed by atoms with van der Waals surface area (Å²) in [7, 11) is 1.37. The fourth-order valence-electron chi connectivity index (χ4n) is 1.91. The first-order valence-electron chi connectivity index (χ1n) is 7.15. The van der Waals surface area contributed by atoms with Crippen molar-refractivity contribution in [3.63, 3.8) is 0 Å². The molecule has 0 saturated heterocycles. The number of ether oxygens (including phenoxy) is 2. The molecular weight excluding hydrogens is 290 g/mol. The Balaban J connectivity index is 1.92. The van der Waals surface area contributed by atoms with E-state index in [4.69, 9.17) is 21.1 Å². The van der Waals surface area contributed by atoms with Crippen LogP contribution in [-0.2, 0) is 16.1 Å². The number of esters is 1. The number of methoxy groups -OCH3 is 1. The van der Waals surface area contributed by atoms with Crippen LogP contribution in [0.2, 0.25) is 5.02 Å². The van der Waals surface area contributed by atoms with Crippen LogP contribution in [0.4, 0.5) is 0 Å². The first-order valence-corrected chi connectivity index (χ1v) is 7.53. The lowest BCUT2D eigenvalue weighted by molar-refractivity contribution is -0.152. The standard InChI is InChI=1S/C16H22ClNO3/c1-16(2,15(19)20-3)10-21-14-7-4-11(8-13(14)17)9-18-12-5-6-12/h4,7-8,12,18H,5-6,9-10H2,1-3H3. The zero-order valence-corrected chi connectivity index (χ0v) is 13.5. The molecule has 5 heteroatoms. The van der Waals surface area contributed by atoms with Crippen molar-refractivity contribution in [3.05, 3.63) is 28.8 Å². The summed E-state index contributed by atoms with van der Waals surface area (Å²) in [6.45, 7) is 4.60. The smallest absolute Gasteiger partial charge is 0.314 e. The van der Waals surface area contributed by atoms with E-state index in [0.29, 0.717) is 16.8 Å². The molecule has 4 nitrogen and oxygen atoms in total.